The fourth-order valence-corrected chi connectivity index (χ4v) is 1.14. The molecule has 0 saturated carbocycles. The minimum atomic E-state index is -2.06. The van der Waals surface area contributed by atoms with Crippen molar-refractivity contribution in [2.45, 2.75) is 13.3 Å². The van der Waals surface area contributed by atoms with Gasteiger partial charge in [-0.1, -0.05) is 18.0 Å². The van der Waals surface area contributed by atoms with Gasteiger partial charge in [-0.05, 0) is 6.42 Å². The van der Waals surface area contributed by atoms with Gasteiger partial charge in [-0.25, -0.2) is 0 Å². The van der Waals surface area contributed by atoms with Gasteiger partial charge in [0.1, 0.15) is 0 Å². The van der Waals surface area contributed by atoms with Crippen LogP contribution in [0.4, 0.5) is 0 Å². The number of hydrogen-bond donors (Lipinski definition) is 0. The van der Waals surface area contributed by atoms with Gasteiger partial charge in [-0.15, -0.1) is 0 Å². The molecule has 0 aromatic heterocycles. The number of carbonyl (C=O) groups excluding carboxylic acids is 1. The van der Waals surface area contributed by atoms with Gasteiger partial charge in [0.2, 0.25) is 0 Å². The summed E-state index contributed by atoms with van der Waals surface area (Å²) in [6, 6.07) is 0. The Bertz CT molecular complexity index is 157. The molecule has 0 aliphatic heterocycles. The highest BCUT2D eigenvalue weighted by Gasteiger charge is 2.11. The first-order chi connectivity index (χ1) is 5.07. The molecule has 0 aromatic rings. The Morgan fingerprint density at radius 1 is 1.73 bits per heavy atom. The number of ether oxygens (including phenoxy) is 1. The summed E-state index contributed by atoms with van der Waals surface area (Å²) in [6.07, 6.45) is 0.322. The molecule has 0 fully saturated rings. The Hall–Kier alpha value is -0.420. The van der Waals surface area contributed by atoms with Gasteiger partial charge in [0, 0.05) is 5.75 Å². The van der Waals surface area contributed by atoms with Crippen LogP contribution in [0.2, 0.25) is 0 Å². The molecule has 5 heteroatoms. The molecule has 0 bridgehead atoms. The normalized spacial score (nSPS) is 15.5. The van der Waals surface area contributed by atoms with Gasteiger partial charge >= 0.3 is 5.97 Å². The van der Waals surface area contributed by atoms with Crippen LogP contribution < -0.4 is 0 Å². The van der Waals surface area contributed by atoms with Crippen LogP contribution >= 0.6 is 0 Å². The molecule has 11 heavy (non-hydrogen) atoms. The van der Waals surface area contributed by atoms with E-state index in [1.807, 2.05) is 0 Å². The van der Waals surface area contributed by atoms with Crippen LogP contribution in [-0.2, 0) is 20.6 Å². The fourth-order valence-electron chi connectivity index (χ4n) is 0.592. The molecule has 4 nitrogen and oxygen atoms in total. The second-order valence-electron chi connectivity index (χ2n) is 2.22. The predicted molar refractivity (Wildman–Crippen MR) is 39.6 cm³/mol. The zero-order valence-electron chi connectivity index (χ0n) is 6.53. The standard InChI is InChI=1S/C6H12O4S/c1-5(6(7)10-2)3-4-11(8)9/h5H,3-4H2,1-2H3,(H,8,9)/p-1. The predicted octanol–water partition coefficient (Wildman–Crippen LogP) is 0.0647. The van der Waals surface area contributed by atoms with Gasteiger partial charge in [-0.3, -0.25) is 9.00 Å². The van der Waals surface area contributed by atoms with E-state index in [4.69, 9.17) is 0 Å². The van der Waals surface area contributed by atoms with Crippen molar-refractivity contribution in [2.75, 3.05) is 12.9 Å². The first-order valence-corrected chi connectivity index (χ1v) is 4.46. The smallest absolute Gasteiger partial charge is 0.308 e. The molecule has 0 spiro atoms. The summed E-state index contributed by atoms with van der Waals surface area (Å²) in [5.74, 6) is -0.690. The average molecular weight is 179 g/mol. The molecule has 2 unspecified atom stereocenters. The summed E-state index contributed by atoms with van der Waals surface area (Å²) in [5, 5.41) is 0. The minimum Gasteiger partial charge on any atom is -0.772 e. The maximum absolute atomic E-state index is 10.7. The lowest BCUT2D eigenvalue weighted by Crippen LogP contribution is -2.15. The zero-order valence-corrected chi connectivity index (χ0v) is 7.35. The third kappa shape index (κ3) is 4.92. The van der Waals surface area contributed by atoms with Gasteiger partial charge in [0.25, 0.3) is 0 Å². The van der Waals surface area contributed by atoms with Crippen molar-refractivity contribution in [3.8, 4) is 0 Å². The number of methoxy groups -OCH3 is 1. The largest absolute Gasteiger partial charge is 0.772 e. The van der Waals surface area contributed by atoms with Crippen LogP contribution in [0.5, 0.6) is 0 Å². The minimum absolute atomic E-state index is 0.0102. The molecule has 0 N–H and O–H groups in total. The third-order valence-corrected chi connectivity index (χ3v) is 1.89. The summed E-state index contributed by atoms with van der Waals surface area (Å²) in [6.45, 7) is 1.64. The van der Waals surface area contributed by atoms with Gasteiger partial charge in [0.15, 0.2) is 0 Å². The van der Waals surface area contributed by atoms with Crippen molar-refractivity contribution in [2.24, 2.45) is 5.92 Å². The monoisotopic (exact) mass is 179 g/mol. The van der Waals surface area contributed by atoms with E-state index in [1.54, 1.807) is 6.92 Å². The van der Waals surface area contributed by atoms with E-state index >= 15 is 0 Å². The van der Waals surface area contributed by atoms with Gasteiger partial charge in [0.05, 0.1) is 13.0 Å². The lowest BCUT2D eigenvalue weighted by Gasteiger charge is -2.09. The molecule has 66 valence electrons. The Labute approximate surface area is 68.2 Å². The summed E-state index contributed by atoms with van der Waals surface area (Å²) >= 11 is -2.06. The Morgan fingerprint density at radius 2 is 2.27 bits per heavy atom. The van der Waals surface area contributed by atoms with Crippen molar-refractivity contribution in [1.29, 1.82) is 0 Å². The molecule has 0 aromatic carbocycles. The van der Waals surface area contributed by atoms with E-state index < -0.39 is 11.1 Å². The highest BCUT2D eigenvalue weighted by atomic mass is 32.2. The van der Waals surface area contributed by atoms with Crippen LogP contribution in [0.1, 0.15) is 13.3 Å². The first-order valence-electron chi connectivity index (χ1n) is 3.21. The number of esters is 1. The Kier molecular flexibility index (Phi) is 5.06. The van der Waals surface area contributed by atoms with E-state index in [9.17, 15) is 13.6 Å². The third-order valence-electron chi connectivity index (χ3n) is 1.32. The second-order valence-corrected chi connectivity index (χ2v) is 3.24. The van der Waals surface area contributed by atoms with Crippen LogP contribution in [-0.4, -0.2) is 27.6 Å². The van der Waals surface area contributed by atoms with Crippen LogP contribution in [0.3, 0.4) is 0 Å². The van der Waals surface area contributed by atoms with Crippen molar-refractivity contribution in [1.82, 2.24) is 0 Å². The molecule has 0 radical (unpaired) electrons. The van der Waals surface area contributed by atoms with E-state index in [0.29, 0.717) is 6.42 Å². The molecule has 0 saturated heterocycles. The topological polar surface area (TPSA) is 66.4 Å². The molecular weight excluding hydrogens is 168 g/mol. The summed E-state index contributed by atoms with van der Waals surface area (Å²) in [7, 11) is 1.28. The molecule has 0 heterocycles. The van der Waals surface area contributed by atoms with Crippen molar-refractivity contribution >= 4 is 17.0 Å². The highest BCUT2D eigenvalue weighted by molar-refractivity contribution is 7.79. The first kappa shape index (κ1) is 10.6. The quantitative estimate of drug-likeness (QED) is 0.452. The van der Waals surface area contributed by atoms with Gasteiger partial charge < -0.3 is 9.29 Å². The molecular formula is C6H11O4S-. The summed E-state index contributed by atoms with van der Waals surface area (Å²) in [4.78, 5) is 10.7. The Balaban J connectivity index is 3.60. The van der Waals surface area contributed by atoms with E-state index in [-0.39, 0.29) is 17.6 Å². The lowest BCUT2D eigenvalue weighted by atomic mass is 10.1. The van der Waals surface area contributed by atoms with Gasteiger partial charge in [-0.2, -0.15) is 0 Å². The summed E-state index contributed by atoms with van der Waals surface area (Å²) < 4.78 is 24.5. The number of rotatable bonds is 4. The fraction of sp³-hybridized carbons (Fsp3) is 0.833. The zero-order chi connectivity index (χ0) is 8.85. The SMILES string of the molecule is COC(=O)C(C)CCS(=O)[O-]. The van der Waals surface area contributed by atoms with Crippen molar-refractivity contribution < 1.29 is 18.3 Å². The highest BCUT2D eigenvalue weighted by Crippen LogP contribution is 2.03. The van der Waals surface area contributed by atoms with Crippen LogP contribution in [0.25, 0.3) is 0 Å². The maximum atomic E-state index is 10.7. The molecule has 0 aliphatic rings. The van der Waals surface area contributed by atoms with Crippen molar-refractivity contribution in [3.05, 3.63) is 0 Å². The van der Waals surface area contributed by atoms with Crippen LogP contribution in [0, 0.1) is 5.92 Å². The lowest BCUT2D eigenvalue weighted by molar-refractivity contribution is -0.144. The van der Waals surface area contributed by atoms with Crippen LogP contribution in [0.15, 0.2) is 0 Å². The second kappa shape index (κ2) is 5.26. The maximum Gasteiger partial charge on any atom is 0.308 e. The molecule has 0 rings (SSSR count). The molecule has 0 aliphatic carbocycles. The summed E-state index contributed by atoms with van der Waals surface area (Å²) in [5.41, 5.74) is 0. The molecule has 2 atom stereocenters. The average Bonchev–Trinajstić information content (AvgIpc) is 1.98. The van der Waals surface area contributed by atoms with E-state index in [2.05, 4.69) is 4.74 Å². The van der Waals surface area contributed by atoms with E-state index in [1.165, 1.54) is 7.11 Å². The number of carbonyl (C=O) groups is 1. The van der Waals surface area contributed by atoms with E-state index in [0.717, 1.165) is 0 Å². The Morgan fingerprint density at radius 3 is 2.64 bits per heavy atom. The van der Waals surface area contributed by atoms with Crippen molar-refractivity contribution in [3.63, 3.8) is 0 Å². The molecule has 0 amide bonds. The number of hydrogen-bond acceptors (Lipinski definition) is 4.